The Kier molecular flexibility index (Phi) is 3.04. The monoisotopic (exact) mass is 278 g/mol. The maximum absolute atomic E-state index is 6.14. The highest BCUT2D eigenvalue weighted by molar-refractivity contribution is 7.07. The largest absolute Gasteiger partial charge is 0.318 e. The fourth-order valence-electron chi connectivity index (χ4n) is 2.08. The van der Waals surface area contributed by atoms with Gasteiger partial charge in [-0.2, -0.15) is 0 Å². The molecule has 1 aliphatic carbocycles. The van der Waals surface area contributed by atoms with Crippen LogP contribution in [0, 0.1) is 13.8 Å². The fourth-order valence-corrected chi connectivity index (χ4v) is 3.20. The van der Waals surface area contributed by atoms with Gasteiger partial charge in [0, 0.05) is 22.1 Å². The summed E-state index contributed by atoms with van der Waals surface area (Å²) in [6.07, 6.45) is 2.55. The van der Waals surface area contributed by atoms with Crippen LogP contribution in [0.15, 0.2) is 28.6 Å². The second-order valence-corrected chi connectivity index (χ2v) is 6.00. The molecule has 0 spiro atoms. The number of thiazole rings is 1. The van der Waals surface area contributed by atoms with E-state index in [1.165, 1.54) is 18.5 Å². The number of halogens is 1. The Labute approximate surface area is 116 Å². The molecule has 0 saturated heterocycles. The van der Waals surface area contributed by atoms with Crippen LogP contribution in [0.3, 0.4) is 0 Å². The molecule has 1 fully saturated rings. The zero-order chi connectivity index (χ0) is 12.7. The molecule has 0 N–H and O–H groups in total. The first-order chi connectivity index (χ1) is 8.66. The van der Waals surface area contributed by atoms with Gasteiger partial charge < -0.3 is 4.57 Å². The first-order valence-electron chi connectivity index (χ1n) is 6.13. The molecule has 1 aliphatic rings. The molecule has 3 rings (SSSR count). The summed E-state index contributed by atoms with van der Waals surface area (Å²) in [5, 5.41) is 2.96. The summed E-state index contributed by atoms with van der Waals surface area (Å²) in [4.78, 5) is 5.86. The Hall–Kier alpha value is -1.06. The van der Waals surface area contributed by atoms with E-state index in [1.54, 1.807) is 11.3 Å². The average Bonchev–Trinajstić information content (AvgIpc) is 3.11. The molecular formula is C14H15ClN2S. The minimum atomic E-state index is 0.662. The van der Waals surface area contributed by atoms with Crippen LogP contribution < -0.4 is 4.80 Å². The van der Waals surface area contributed by atoms with Gasteiger partial charge in [-0.25, -0.2) is 4.99 Å². The molecular weight excluding hydrogens is 264 g/mol. The molecule has 1 saturated carbocycles. The first kappa shape index (κ1) is 12.0. The number of hydrogen-bond donors (Lipinski definition) is 0. The van der Waals surface area contributed by atoms with Crippen molar-refractivity contribution in [1.29, 1.82) is 0 Å². The summed E-state index contributed by atoms with van der Waals surface area (Å²) in [6.45, 7) is 4.17. The molecule has 0 aliphatic heterocycles. The van der Waals surface area contributed by atoms with E-state index < -0.39 is 0 Å². The summed E-state index contributed by atoms with van der Waals surface area (Å²) >= 11 is 7.84. The van der Waals surface area contributed by atoms with Gasteiger partial charge >= 0.3 is 0 Å². The molecule has 2 aromatic rings. The maximum Gasteiger partial charge on any atom is 0.190 e. The van der Waals surface area contributed by atoms with Crippen LogP contribution in [0.4, 0.5) is 5.69 Å². The molecule has 1 aromatic heterocycles. The normalized spacial score (nSPS) is 16.3. The van der Waals surface area contributed by atoms with Crippen molar-refractivity contribution in [2.24, 2.45) is 4.99 Å². The first-order valence-corrected chi connectivity index (χ1v) is 7.39. The summed E-state index contributed by atoms with van der Waals surface area (Å²) in [6, 6.07) is 6.54. The third kappa shape index (κ3) is 2.13. The van der Waals surface area contributed by atoms with E-state index in [9.17, 15) is 0 Å². The highest BCUT2D eigenvalue weighted by atomic mass is 35.5. The molecule has 1 heterocycles. The van der Waals surface area contributed by atoms with E-state index >= 15 is 0 Å². The Morgan fingerprint density at radius 3 is 2.83 bits per heavy atom. The van der Waals surface area contributed by atoms with Crippen molar-refractivity contribution < 1.29 is 0 Å². The van der Waals surface area contributed by atoms with Crippen LogP contribution >= 0.6 is 22.9 Å². The second-order valence-electron chi connectivity index (χ2n) is 4.76. The van der Waals surface area contributed by atoms with Crippen molar-refractivity contribution in [3.63, 3.8) is 0 Å². The van der Waals surface area contributed by atoms with Gasteiger partial charge in [-0.3, -0.25) is 0 Å². The summed E-state index contributed by atoms with van der Waals surface area (Å²) in [5.41, 5.74) is 3.33. The predicted octanol–water partition coefficient (Wildman–Crippen LogP) is 4.39. The summed E-state index contributed by atoms with van der Waals surface area (Å²) in [7, 11) is 0. The lowest BCUT2D eigenvalue weighted by Gasteiger charge is -2.04. The number of nitrogens with zero attached hydrogens (tertiary/aromatic N) is 2. The molecule has 2 nitrogen and oxygen atoms in total. The standard InChI is InChI=1S/C14H15ClN2S/c1-9-8-18-14(17(9)11-6-7-11)16-13-5-3-4-12(15)10(13)2/h3-5,8,11H,6-7H2,1-2H3. The Morgan fingerprint density at radius 2 is 2.11 bits per heavy atom. The lowest BCUT2D eigenvalue weighted by Crippen LogP contribution is -2.14. The average molecular weight is 279 g/mol. The van der Waals surface area contributed by atoms with Crippen LogP contribution in [0.1, 0.15) is 30.1 Å². The SMILES string of the molecule is Cc1c(Cl)cccc1N=c1scc(C)n1C1CC1. The van der Waals surface area contributed by atoms with E-state index in [4.69, 9.17) is 16.6 Å². The second kappa shape index (κ2) is 4.56. The quantitative estimate of drug-likeness (QED) is 0.775. The Morgan fingerprint density at radius 1 is 1.33 bits per heavy atom. The van der Waals surface area contributed by atoms with Gasteiger partial charge in [0.25, 0.3) is 0 Å². The van der Waals surface area contributed by atoms with E-state index in [0.717, 1.165) is 21.1 Å². The molecule has 0 amide bonds. The Balaban J connectivity index is 2.14. The number of aryl methyl sites for hydroxylation is 1. The predicted molar refractivity (Wildman–Crippen MR) is 76.7 cm³/mol. The molecule has 94 valence electrons. The van der Waals surface area contributed by atoms with Crippen molar-refractivity contribution in [2.45, 2.75) is 32.7 Å². The Bertz CT molecular complexity index is 650. The smallest absolute Gasteiger partial charge is 0.190 e. The lowest BCUT2D eigenvalue weighted by molar-refractivity contribution is 0.693. The van der Waals surface area contributed by atoms with Crippen molar-refractivity contribution in [2.75, 3.05) is 0 Å². The summed E-state index contributed by atoms with van der Waals surface area (Å²) < 4.78 is 2.35. The van der Waals surface area contributed by atoms with Gasteiger partial charge in [0.1, 0.15) is 0 Å². The molecule has 4 heteroatoms. The minimum absolute atomic E-state index is 0.662. The minimum Gasteiger partial charge on any atom is -0.318 e. The lowest BCUT2D eigenvalue weighted by atomic mass is 10.2. The highest BCUT2D eigenvalue weighted by Crippen LogP contribution is 2.35. The van der Waals surface area contributed by atoms with Crippen molar-refractivity contribution in [3.05, 3.63) is 44.7 Å². The molecule has 0 radical (unpaired) electrons. The van der Waals surface area contributed by atoms with Crippen molar-refractivity contribution in [3.8, 4) is 0 Å². The van der Waals surface area contributed by atoms with Crippen molar-refractivity contribution >= 4 is 28.6 Å². The van der Waals surface area contributed by atoms with Gasteiger partial charge in [-0.1, -0.05) is 17.7 Å². The van der Waals surface area contributed by atoms with Crippen LogP contribution in [0.25, 0.3) is 0 Å². The van der Waals surface area contributed by atoms with Gasteiger partial charge in [-0.05, 0) is 44.4 Å². The van der Waals surface area contributed by atoms with Gasteiger partial charge in [0.2, 0.25) is 0 Å². The fraction of sp³-hybridized carbons (Fsp3) is 0.357. The number of aromatic nitrogens is 1. The number of hydrogen-bond acceptors (Lipinski definition) is 2. The summed E-state index contributed by atoms with van der Waals surface area (Å²) in [5.74, 6) is 0. The van der Waals surface area contributed by atoms with E-state index in [-0.39, 0.29) is 0 Å². The van der Waals surface area contributed by atoms with E-state index in [0.29, 0.717) is 6.04 Å². The highest BCUT2D eigenvalue weighted by Gasteiger charge is 2.25. The number of rotatable bonds is 2. The molecule has 0 atom stereocenters. The van der Waals surface area contributed by atoms with Gasteiger partial charge in [0.05, 0.1) is 5.69 Å². The third-order valence-electron chi connectivity index (χ3n) is 3.29. The van der Waals surface area contributed by atoms with Crippen molar-refractivity contribution in [1.82, 2.24) is 4.57 Å². The van der Waals surface area contributed by atoms with Crippen LogP contribution in [-0.2, 0) is 0 Å². The van der Waals surface area contributed by atoms with E-state index in [2.05, 4.69) is 16.9 Å². The van der Waals surface area contributed by atoms with Gasteiger partial charge in [-0.15, -0.1) is 11.3 Å². The molecule has 0 unspecified atom stereocenters. The molecule has 18 heavy (non-hydrogen) atoms. The van der Waals surface area contributed by atoms with Gasteiger partial charge in [0.15, 0.2) is 4.80 Å². The zero-order valence-corrected chi connectivity index (χ0v) is 12.1. The van der Waals surface area contributed by atoms with Crippen LogP contribution in [-0.4, -0.2) is 4.57 Å². The maximum atomic E-state index is 6.14. The molecule has 0 bridgehead atoms. The zero-order valence-electron chi connectivity index (χ0n) is 10.5. The van der Waals surface area contributed by atoms with Crippen LogP contribution in [0.2, 0.25) is 5.02 Å². The topological polar surface area (TPSA) is 17.3 Å². The van der Waals surface area contributed by atoms with E-state index in [1.807, 2.05) is 25.1 Å². The molecule has 1 aromatic carbocycles. The van der Waals surface area contributed by atoms with Crippen LogP contribution in [0.5, 0.6) is 0 Å². The third-order valence-corrected chi connectivity index (χ3v) is 4.66. The number of benzene rings is 1.